The first-order chi connectivity index (χ1) is 12.1. The second-order valence-electron chi connectivity index (χ2n) is 7.44. The maximum Gasteiger partial charge on any atom is 0.226 e. The van der Waals surface area contributed by atoms with Gasteiger partial charge in [-0.25, -0.2) is 17.6 Å². The van der Waals surface area contributed by atoms with Crippen LogP contribution in [0.4, 0.5) is 17.6 Å². The van der Waals surface area contributed by atoms with E-state index in [0.29, 0.717) is 24.6 Å². The molecule has 1 aliphatic carbocycles. The fourth-order valence-corrected chi connectivity index (χ4v) is 3.95. The lowest BCUT2D eigenvalue weighted by Gasteiger charge is -2.33. The summed E-state index contributed by atoms with van der Waals surface area (Å²) in [5.74, 6) is -6.39. The Balaban J connectivity index is 1.99. The number of benzene rings is 1. The number of hydrogen-bond acceptors (Lipinski definition) is 3. The van der Waals surface area contributed by atoms with Gasteiger partial charge in [0.05, 0.1) is 15.9 Å². The summed E-state index contributed by atoms with van der Waals surface area (Å²) >= 11 is 0.544. The normalized spacial score (nSPS) is 17.2. The Morgan fingerprint density at radius 3 is 2.23 bits per heavy atom. The van der Waals surface area contributed by atoms with Gasteiger partial charge in [0.1, 0.15) is 0 Å². The summed E-state index contributed by atoms with van der Waals surface area (Å²) < 4.78 is 54.0. The highest BCUT2D eigenvalue weighted by Crippen LogP contribution is 2.34. The SMILES string of the molecule is CC(C)(CSc1c(F)c(F)cc(F)c1F)C(=O)NCC1(O)CCCCC1. The molecule has 1 amide bonds. The highest BCUT2D eigenvalue weighted by atomic mass is 32.2. The zero-order valence-corrected chi connectivity index (χ0v) is 15.6. The maximum absolute atomic E-state index is 13.7. The molecule has 2 rings (SSSR count). The molecule has 1 fully saturated rings. The van der Waals surface area contributed by atoms with Crippen LogP contribution < -0.4 is 5.32 Å². The molecular formula is C18H23F4NO2S. The molecule has 2 N–H and O–H groups in total. The Labute approximate surface area is 154 Å². The van der Waals surface area contributed by atoms with Crippen molar-refractivity contribution >= 4 is 17.7 Å². The van der Waals surface area contributed by atoms with E-state index in [1.807, 2.05) is 0 Å². The van der Waals surface area contributed by atoms with E-state index in [4.69, 9.17) is 0 Å². The lowest BCUT2D eigenvalue weighted by atomic mass is 9.84. The molecule has 146 valence electrons. The summed E-state index contributed by atoms with van der Waals surface area (Å²) in [6.07, 6.45) is 4.08. The van der Waals surface area contributed by atoms with Crippen molar-refractivity contribution in [2.45, 2.75) is 56.4 Å². The number of hydrogen-bond donors (Lipinski definition) is 2. The number of carbonyl (C=O) groups is 1. The molecule has 1 aromatic carbocycles. The van der Waals surface area contributed by atoms with Crippen molar-refractivity contribution < 1.29 is 27.5 Å². The van der Waals surface area contributed by atoms with E-state index >= 15 is 0 Å². The Morgan fingerprint density at radius 1 is 1.15 bits per heavy atom. The van der Waals surface area contributed by atoms with Gasteiger partial charge in [-0.1, -0.05) is 33.1 Å². The molecule has 1 aromatic rings. The third kappa shape index (κ3) is 4.91. The van der Waals surface area contributed by atoms with Crippen LogP contribution in [-0.4, -0.2) is 28.9 Å². The van der Waals surface area contributed by atoms with E-state index in [1.165, 1.54) is 0 Å². The molecule has 1 aliphatic rings. The minimum Gasteiger partial charge on any atom is -0.388 e. The van der Waals surface area contributed by atoms with Crippen LogP contribution in [0, 0.1) is 28.7 Å². The highest BCUT2D eigenvalue weighted by Gasteiger charge is 2.34. The molecule has 0 aliphatic heterocycles. The number of nitrogens with one attached hydrogen (secondary N) is 1. The van der Waals surface area contributed by atoms with Crippen LogP contribution in [0.15, 0.2) is 11.0 Å². The first-order valence-electron chi connectivity index (χ1n) is 8.52. The zero-order valence-electron chi connectivity index (χ0n) is 14.8. The largest absolute Gasteiger partial charge is 0.388 e. The molecule has 0 bridgehead atoms. The number of rotatable bonds is 6. The Hall–Kier alpha value is -1.28. The molecule has 0 saturated heterocycles. The number of amides is 1. The van der Waals surface area contributed by atoms with Crippen LogP contribution in [0.2, 0.25) is 0 Å². The lowest BCUT2D eigenvalue weighted by Crippen LogP contribution is -2.48. The van der Waals surface area contributed by atoms with Crippen LogP contribution in [0.25, 0.3) is 0 Å². The van der Waals surface area contributed by atoms with E-state index in [-0.39, 0.29) is 18.4 Å². The average Bonchev–Trinajstić information content (AvgIpc) is 2.58. The number of halogens is 4. The molecule has 0 aromatic heterocycles. The van der Waals surface area contributed by atoms with Gasteiger partial charge in [0, 0.05) is 18.4 Å². The van der Waals surface area contributed by atoms with Crippen LogP contribution in [-0.2, 0) is 4.79 Å². The fraction of sp³-hybridized carbons (Fsp3) is 0.611. The van der Waals surface area contributed by atoms with E-state index in [1.54, 1.807) is 13.8 Å². The van der Waals surface area contributed by atoms with Crippen molar-refractivity contribution in [2.24, 2.45) is 5.41 Å². The van der Waals surface area contributed by atoms with E-state index in [9.17, 15) is 27.5 Å². The number of carbonyl (C=O) groups excluding carboxylic acids is 1. The van der Waals surface area contributed by atoms with Gasteiger partial charge in [0.25, 0.3) is 0 Å². The summed E-state index contributed by atoms with van der Waals surface area (Å²) in [4.78, 5) is 11.6. The second kappa shape index (κ2) is 8.17. The molecule has 0 heterocycles. The van der Waals surface area contributed by atoms with E-state index in [2.05, 4.69) is 5.32 Å². The summed E-state index contributed by atoms with van der Waals surface area (Å²) in [6, 6.07) is 0.150. The van der Waals surface area contributed by atoms with Gasteiger partial charge in [-0.15, -0.1) is 11.8 Å². The summed E-state index contributed by atoms with van der Waals surface area (Å²) in [7, 11) is 0. The van der Waals surface area contributed by atoms with E-state index in [0.717, 1.165) is 19.3 Å². The number of thioether (sulfide) groups is 1. The third-order valence-corrected chi connectivity index (χ3v) is 6.14. The quantitative estimate of drug-likeness (QED) is 0.433. The van der Waals surface area contributed by atoms with Crippen LogP contribution in [0.1, 0.15) is 46.0 Å². The summed E-state index contributed by atoms with van der Waals surface area (Å²) in [6.45, 7) is 3.23. The molecule has 8 heteroatoms. The molecule has 0 unspecified atom stereocenters. The Kier molecular flexibility index (Phi) is 6.60. The van der Waals surface area contributed by atoms with Crippen molar-refractivity contribution in [1.29, 1.82) is 0 Å². The zero-order chi connectivity index (χ0) is 19.5. The van der Waals surface area contributed by atoms with Crippen LogP contribution >= 0.6 is 11.8 Å². The summed E-state index contributed by atoms with van der Waals surface area (Å²) in [5.41, 5.74) is -1.99. The van der Waals surface area contributed by atoms with E-state index < -0.39 is 45.1 Å². The van der Waals surface area contributed by atoms with Crippen molar-refractivity contribution in [3.8, 4) is 0 Å². The predicted molar refractivity (Wildman–Crippen MR) is 91.8 cm³/mol. The molecule has 0 atom stereocenters. The minimum atomic E-state index is -1.48. The first-order valence-corrected chi connectivity index (χ1v) is 9.51. The molecule has 0 spiro atoms. The topological polar surface area (TPSA) is 49.3 Å². The molecular weight excluding hydrogens is 370 g/mol. The lowest BCUT2D eigenvalue weighted by molar-refractivity contribution is -0.129. The monoisotopic (exact) mass is 393 g/mol. The molecule has 26 heavy (non-hydrogen) atoms. The van der Waals surface area contributed by atoms with Gasteiger partial charge in [-0.2, -0.15) is 0 Å². The first kappa shape index (κ1) is 21.0. The highest BCUT2D eigenvalue weighted by molar-refractivity contribution is 7.99. The van der Waals surface area contributed by atoms with Gasteiger partial charge < -0.3 is 10.4 Å². The van der Waals surface area contributed by atoms with Gasteiger partial charge >= 0.3 is 0 Å². The molecule has 1 saturated carbocycles. The van der Waals surface area contributed by atoms with Gasteiger partial charge in [-0.3, -0.25) is 4.79 Å². The van der Waals surface area contributed by atoms with Crippen molar-refractivity contribution in [1.82, 2.24) is 5.32 Å². The maximum atomic E-state index is 13.7. The average molecular weight is 393 g/mol. The van der Waals surface area contributed by atoms with Crippen LogP contribution in [0.5, 0.6) is 0 Å². The molecule has 0 radical (unpaired) electrons. The van der Waals surface area contributed by atoms with Gasteiger partial charge in [0.2, 0.25) is 5.91 Å². The van der Waals surface area contributed by atoms with Crippen molar-refractivity contribution in [3.63, 3.8) is 0 Å². The number of aliphatic hydroxyl groups is 1. The molecule has 3 nitrogen and oxygen atoms in total. The Bertz CT molecular complexity index is 649. The second-order valence-corrected chi connectivity index (χ2v) is 8.42. The predicted octanol–water partition coefficient (Wildman–Crippen LogP) is 4.17. The standard InChI is InChI=1S/C18H23F4NO2S/c1-17(2,16(24)23-9-18(25)6-4-3-5-7-18)10-26-15-13(21)11(19)8-12(20)14(15)22/h8,25H,3-7,9-10H2,1-2H3,(H,23,24). The van der Waals surface area contributed by atoms with Crippen molar-refractivity contribution in [3.05, 3.63) is 29.3 Å². The fourth-order valence-electron chi connectivity index (χ4n) is 2.87. The Morgan fingerprint density at radius 2 is 1.69 bits per heavy atom. The minimum absolute atomic E-state index is 0.0893. The van der Waals surface area contributed by atoms with Crippen molar-refractivity contribution in [2.75, 3.05) is 12.3 Å². The smallest absolute Gasteiger partial charge is 0.226 e. The summed E-state index contributed by atoms with van der Waals surface area (Å²) in [5, 5.41) is 13.1. The van der Waals surface area contributed by atoms with Gasteiger partial charge in [-0.05, 0) is 12.8 Å². The van der Waals surface area contributed by atoms with Gasteiger partial charge in [0.15, 0.2) is 23.3 Å². The van der Waals surface area contributed by atoms with Crippen LogP contribution in [0.3, 0.4) is 0 Å². The third-order valence-electron chi connectivity index (χ3n) is 4.63.